The first-order chi connectivity index (χ1) is 16.5. The SMILES string of the molecule is CCN(CCNC(=O)C1=CC=CC2C(=O)c3cc(I)ccc3NC12)CCOc1cccnc1F. The molecule has 1 aromatic heterocycles. The highest BCUT2D eigenvalue weighted by Gasteiger charge is 2.39. The quantitative estimate of drug-likeness (QED) is 0.352. The second kappa shape index (κ2) is 11.1. The molecule has 2 N–H and O–H groups in total. The molecule has 0 saturated heterocycles. The Morgan fingerprint density at radius 1 is 1.32 bits per heavy atom. The van der Waals surface area contributed by atoms with E-state index in [9.17, 15) is 14.0 Å². The number of carbonyl (C=O) groups excluding carboxylic acids is 2. The van der Waals surface area contributed by atoms with Crippen molar-refractivity contribution in [3.63, 3.8) is 0 Å². The van der Waals surface area contributed by atoms with Crippen LogP contribution in [0.5, 0.6) is 5.75 Å². The number of amides is 1. The highest BCUT2D eigenvalue weighted by atomic mass is 127. The first-order valence-electron chi connectivity index (χ1n) is 11.2. The molecule has 1 amide bonds. The second-order valence-corrected chi connectivity index (χ2v) is 9.29. The van der Waals surface area contributed by atoms with E-state index in [0.717, 1.165) is 15.8 Å². The van der Waals surface area contributed by atoms with Crippen molar-refractivity contribution in [1.29, 1.82) is 0 Å². The minimum Gasteiger partial charge on any atom is -0.487 e. The molecule has 2 unspecified atom stereocenters. The predicted octanol–water partition coefficient (Wildman–Crippen LogP) is 3.43. The van der Waals surface area contributed by atoms with Gasteiger partial charge in [0.15, 0.2) is 11.5 Å². The monoisotopic (exact) mass is 576 g/mol. The Morgan fingerprint density at radius 3 is 2.97 bits per heavy atom. The number of ether oxygens (including phenoxy) is 1. The molecule has 2 heterocycles. The first-order valence-corrected chi connectivity index (χ1v) is 12.3. The summed E-state index contributed by atoms with van der Waals surface area (Å²) < 4.78 is 20.0. The number of hydrogen-bond acceptors (Lipinski definition) is 6. The van der Waals surface area contributed by atoms with Crippen LogP contribution < -0.4 is 15.4 Å². The van der Waals surface area contributed by atoms with Crippen LogP contribution in [0.2, 0.25) is 0 Å². The molecule has 2 aromatic rings. The van der Waals surface area contributed by atoms with E-state index < -0.39 is 17.9 Å². The van der Waals surface area contributed by atoms with Crippen molar-refractivity contribution in [2.75, 3.05) is 38.1 Å². The molecule has 34 heavy (non-hydrogen) atoms. The molecule has 0 fully saturated rings. The lowest BCUT2D eigenvalue weighted by molar-refractivity contribution is -0.117. The number of nitrogens with zero attached hydrogens (tertiary/aromatic N) is 2. The summed E-state index contributed by atoms with van der Waals surface area (Å²) in [6.45, 7) is 4.73. The first kappa shape index (κ1) is 24.3. The number of likely N-dealkylation sites (N-methyl/N-ethyl adjacent to an activating group) is 1. The maximum atomic E-state index is 13.6. The van der Waals surface area contributed by atoms with Gasteiger partial charge in [0.25, 0.3) is 5.95 Å². The van der Waals surface area contributed by atoms with Crippen molar-refractivity contribution in [3.05, 3.63) is 75.4 Å². The van der Waals surface area contributed by atoms with Gasteiger partial charge in [-0.1, -0.05) is 25.2 Å². The summed E-state index contributed by atoms with van der Waals surface area (Å²) in [5.41, 5.74) is 1.96. The minimum absolute atomic E-state index is 0.0223. The van der Waals surface area contributed by atoms with Crippen LogP contribution in [0.1, 0.15) is 17.3 Å². The van der Waals surface area contributed by atoms with E-state index in [1.54, 1.807) is 24.3 Å². The maximum Gasteiger partial charge on any atom is 0.255 e. The van der Waals surface area contributed by atoms with Gasteiger partial charge in [0.05, 0.1) is 12.0 Å². The normalized spacial score (nSPS) is 18.6. The summed E-state index contributed by atoms with van der Waals surface area (Å²) in [5.74, 6) is -1.08. The molecular formula is C25H26FIN4O3. The van der Waals surface area contributed by atoms with Crippen LogP contribution in [-0.2, 0) is 4.79 Å². The molecule has 4 rings (SSSR count). The van der Waals surface area contributed by atoms with Gasteiger partial charge in [0.2, 0.25) is 5.91 Å². The average molecular weight is 576 g/mol. The van der Waals surface area contributed by atoms with E-state index in [1.165, 1.54) is 6.20 Å². The molecule has 0 saturated carbocycles. The predicted molar refractivity (Wildman–Crippen MR) is 136 cm³/mol. The van der Waals surface area contributed by atoms with E-state index in [2.05, 4.69) is 43.1 Å². The van der Waals surface area contributed by atoms with E-state index >= 15 is 0 Å². The molecule has 0 bridgehead atoms. The zero-order valence-corrected chi connectivity index (χ0v) is 20.9. The zero-order chi connectivity index (χ0) is 24.1. The van der Waals surface area contributed by atoms with Gasteiger partial charge in [-0.15, -0.1) is 0 Å². The lowest BCUT2D eigenvalue weighted by Gasteiger charge is -2.35. The number of anilines is 1. The van der Waals surface area contributed by atoms with E-state index in [0.29, 0.717) is 37.4 Å². The van der Waals surface area contributed by atoms with Gasteiger partial charge in [0.1, 0.15) is 6.61 Å². The molecular weight excluding hydrogens is 550 g/mol. The summed E-state index contributed by atoms with van der Waals surface area (Å²) in [5, 5.41) is 6.35. The summed E-state index contributed by atoms with van der Waals surface area (Å²) in [7, 11) is 0. The summed E-state index contributed by atoms with van der Waals surface area (Å²) in [6.07, 6.45) is 6.77. The number of Topliss-reactive ketones (excluding diaryl/α,β-unsaturated/α-hetero) is 1. The van der Waals surface area contributed by atoms with Crippen LogP contribution in [0.15, 0.2) is 60.3 Å². The number of nitrogens with one attached hydrogen (secondary N) is 2. The van der Waals surface area contributed by atoms with Crippen molar-refractivity contribution >= 4 is 40.0 Å². The van der Waals surface area contributed by atoms with Crippen molar-refractivity contribution < 1.29 is 18.7 Å². The Bertz CT molecular complexity index is 1140. The molecule has 178 valence electrons. The van der Waals surface area contributed by atoms with Crippen LogP contribution in [0.25, 0.3) is 0 Å². The molecule has 0 spiro atoms. The number of allylic oxidation sites excluding steroid dienone is 2. The molecule has 7 nitrogen and oxygen atoms in total. The molecule has 9 heteroatoms. The maximum absolute atomic E-state index is 13.6. The van der Waals surface area contributed by atoms with Gasteiger partial charge in [-0.25, -0.2) is 4.98 Å². The Balaban J connectivity index is 1.30. The van der Waals surface area contributed by atoms with E-state index in [1.807, 2.05) is 31.2 Å². The van der Waals surface area contributed by atoms with Gasteiger partial charge in [-0.05, 0) is 59.5 Å². The van der Waals surface area contributed by atoms with Crippen molar-refractivity contribution in [2.45, 2.75) is 13.0 Å². The van der Waals surface area contributed by atoms with E-state index in [-0.39, 0.29) is 17.4 Å². The summed E-state index contributed by atoms with van der Waals surface area (Å²) in [4.78, 5) is 31.7. The van der Waals surface area contributed by atoms with Gasteiger partial charge < -0.3 is 15.4 Å². The minimum atomic E-state index is -0.627. The smallest absolute Gasteiger partial charge is 0.255 e. The topological polar surface area (TPSA) is 83.6 Å². The zero-order valence-electron chi connectivity index (χ0n) is 18.8. The average Bonchev–Trinajstić information content (AvgIpc) is 2.84. The van der Waals surface area contributed by atoms with Gasteiger partial charge in [-0.2, -0.15) is 4.39 Å². The third-order valence-corrected chi connectivity index (χ3v) is 6.63. The number of rotatable bonds is 9. The number of carbonyl (C=O) groups is 2. The Kier molecular flexibility index (Phi) is 7.94. The second-order valence-electron chi connectivity index (χ2n) is 8.04. The van der Waals surface area contributed by atoms with Crippen LogP contribution in [-0.4, -0.2) is 60.4 Å². The van der Waals surface area contributed by atoms with Crippen LogP contribution >= 0.6 is 22.6 Å². The van der Waals surface area contributed by atoms with Gasteiger partial charge in [0, 0.05) is 46.2 Å². The summed E-state index contributed by atoms with van der Waals surface area (Å²) >= 11 is 2.19. The van der Waals surface area contributed by atoms with Crippen LogP contribution in [0.3, 0.4) is 0 Å². The fourth-order valence-corrected chi connectivity index (χ4v) is 4.62. The molecule has 0 radical (unpaired) electrons. The molecule has 1 aromatic carbocycles. The number of benzene rings is 1. The Hall–Kier alpha value is -2.79. The number of aromatic nitrogens is 1. The fraction of sp³-hybridized carbons (Fsp3) is 0.320. The van der Waals surface area contributed by atoms with Gasteiger partial charge in [-0.3, -0.25) is 14.5 Å². The third kappa shape index (κ3) is 5.47. The number of fused-ring (bicyclic) bond motifs is 2. The standard InChI is InChI=1S/C25H26FIN4O3/c1-2-31(13-14-34-21-7-4-10-28-24(21)26)12-11-29-25(33)18-6-3-5-17-22(18)30-20-9-8-16(27)15-19(20)23(17)32/h3-10,15,17,22,30H,2,11-14H2,1H3,(H,29,33). The number of halogens is 2. The molecule has 2 atom stereocenters. The highest BCUT2D eigenvalue weighted by molar-refractivity contribution is 14.1. The molecule has 1 aliphatic carbocycles. The summed E-state index contributed by atoms with van der Waals surface area (Å²) in [6, 6.07) is 8.47. The largest absolute Gasteiger partial charge is 0.487 e. The molecule has 1 aliphatic heterocycles. The van der Waals surface area contributed by atoms with Crippen molar-refractivity contribution in [1.82, 2.24) is 15.2 Å². The molecule has 2 aliphatic rings. The highest BCUT2D eigenvalue weighted by Crippen LogP contribution is 2.35. The van der Waals surface area contributed by atoms with Crippen molar-refractivity contribution in [2.24, 2.45) is 5.92 Å². The Labute approximate surface area is 211 Å². The van der Waals surface area contributed by atoms with Crippen LogP contribution in [0.4, 0.5) is 10.1 Å². The van der Waals surface area contributed by atoms with Crippen LogP contribution in [0, 0.1) is 15.4 Å². The fourth-order valence-electron chi connectivity index (χ4n) is 4.12. The number of ketones is 1. The third-order valence-electron chi connectivity index (χ3n) is 5.96. The Morgan fingerprint density at radius 2 is 2.18 bits per heavy atom. The number of pyridine rings is 1. The van der Waals surface area contributed by atoms with Gasteiger partial charge >= 0.3 is 0 Å². The lowest BCUT2D eigenvalue weighted by Crippen LogP contribution is -2.46. The lowest BCUT2D eigenvalue weighted by atomic mass is 9.79. The number of hydrogen-bond donors (Lipinski definition) is 2. The van der Waals surface area contributed by atoms with Crippen molar-refractivity contribution in [3.8, 4) is 5.75 Å². The van der Waals surface area contributed by atoms with E-state index in [4.69, 9.17) is 4.74 Å².